The molecule has 0 radical (unpaired) electrons. The number of furan rings is 1. The Morgan fingerprint density at radius 3 is 2.48 bits per heavy atom. The van der Waals surface area contributed by atoms with Gasteiger partial charge in [0.25, 0.3) is 10.0 Å². The van der Waals surface area contributed by atoms with Crippen molar-refractivity contribution < 1.29 is 21.6 Å². The Hall–Kier alpha value is -0.950. The van der Waals surface area contributed by atoms with E-state index in [0.717, 1.165) is 15.8 Å². The van der Waals surface area contributed by atoms with Crippen LogP contribution in [-0.2, 0) is 10.0 Å². The minimum Gasteiger partial charge on any atom is -0.464 e. The van der Waals surface area contributed by atoms with Crippen LogP contribution >= 0.6 is 24.0 Å². The Kier molecular flexibility index (Phi) is 9.42. The van der Waals surface area contributed by atoms with Crippen LogP contribution in [0.4, 0.5) is 8.78 Å². The van der Waals surface area contributed by atoms with Crippen LogP contribution in [0.15, 0.2) is 21.5 Å². The monoisotopic (exact) mass is 520 g/mol. The van der Waals surface area contributed by atoms with E-state index >= 15 is 0 Å². The van der Waals surface area contributed by atoms with Gasteiger partial charge in [0.1, 0.15) is 11.5 Å². The van der Waals surface area contributed by atoms with E-state index in [0.29, 0.717) is 25.3 Å². The standard InChI is InChI=1S/C16H26F2N4O3S.HI/c1-11-4-5-14(25-11)12(2)21-16(19-3)20-10-13-6-8-22(9-7-13)26(23,24)15(17)18;/h4-5,12-13,15H,6-10H2,1-3H3,(H2,19,20,21);1H. The molecule has 0 saturated carbocycles. The smallest absolute Gasteiger partial charge is 0.350 e. The maximum atomic E-state index is 12.6. The second kappa shape index (κ2) is 10.6. The predicted octanol–water partition coefficient (Wildman–Crippen LogP) is 2.70. The molecule has 0 amide bonds. The molecule has 1 aliphatic heterocycles. The molecular formula is C16H27F2IN4O3S. The van der Waals surface area contributed by atoms with Crippen molar-refractivity contribution >= 4 is 40.0 Å². The summed E-state index contributed by atoms with van der Waals surface area (Å²) in [5.41, 5.74) is 0. The Labute approximate surface area is 176 Å². The molecule has 7 nitrogen and oxygen atoms in total. The van der Waals surface area contributed by atoms with Gasteiger partial charge in [0.15, 0.2) is 5.96 Å². The predicted molar refractivity (Wildman–Crippen MR) is 111 cm³/mol. The molecule has 2 rings (SSSR count). The first-order chi connectivity index (χ1) is 12.2. The minimum absolute atomic E-state index is 0. The number of aryl methyl sites for hydroxylation is 1. The zero-order chi connectivity index (χ0) is 19.3. The summed E-state index contributed by atoms with van der Waals surface area (Å²) in [6.45, 7) is 4.66. The number of sulfonamides is 1. The van der Waals surface area contributed by atoms with Gasteiger partial charge in [-0.05, 0) is 44.7 Å². The third-order valence-electron chi connectivity index (χ3n) is 4.48. The number of nitrogens with zero attached hydrogens (tertiary/aromatic N) is 2. The number of halogens is 3. The Morgan fingerprint density at radius 1 is 1.37 bits per heavy atom. The first-order valence-corrected chi connectivity index (χ1v) is 10.0. The summed E-state index contributed by atoms with van der Waals surface area (Å²) < 4.78 is 54.6. The van der Waals surface area contributed by atoms with Crippen LogP contribution in [0.5, 0.6) is 0 Å². The summed E-state index contributed by atoms with van der Waals surface area (Å²) in [5, 5.41) is 6.43. The Morgan fingerprint density at radius 2 is 2.00 bits per heavy atom. The lowest BCUT2D eigenvalue weighted by Crippen LogP contribution is -2.45. The Balaban J connectivity index is 0.00000364. The van der Waals surface area contributed by atoms with Gasteiger partial charge < -0.3 is 15.1 Å². The van der Waals surface area contributed by atoms with Gasteiger partial charge in [-0.1, -0.05) is 0 Å². The van der Waals surface area contributed by atoms with Crippen LogP contribution in [0, 0.1) is 12.8 Å². The number of hydrogen-bond acceptors (Lipinski definition) is 4. The van der Waals surface area contributed by atoms with Crippen LogP contribution in [0.3, 0.4) is 0 Å². The molecule has 2 heterocycles. The highest BCUT2D eigenvalue weighted by Gasteiger charge is 2.34. The van der Waals surface area contributed by atoms with E-state index in [4.69, 9.17) is 4.42 Å². The highest BCUT2D eigenvalue weighted by atomic mass is 127. The third-order valence-corrected chi connectivity index (χ3v) is 6.02. The second-order valence-electron chi connectivity index (χ2n) is 6.42. The van der Waals surface area contributed by atoms with Gasteiger partial charge in [-0.2, -0.15) is 13.1 Å². The highest BCUT2D eigenvalue weighted by molar-refractivity contribution is 14.0. The van der Waals surface area contributed by atoms with Crippen molar-refractivity contribution in [3.63, 3.8) is 0 Å². The molecule has 0 spiro atoms. The van der Waals surface area contributed by atoms with E-state index in [9.17, 15) is 17.2 Å². The first-order valence-electron chi connectivity index (χ1n) is 8.54. The van der Waals surface area contributed by atoms with Crippen molar-refractivity contribution in [2.45, 2.75) is 38.5 Å². The lowest BCUT2D eigenvalue weighted by molar-refractivity contribution is 0.204. The van der Waals surface area contributed by atoms with Gasteiger partial charge in [-0.25, -0.2) is 8.42 Å². The van der Waals surface area contributed by atoms with Gasteiger partial charge in [-0.3, -0.25) is 4.99 Å². The van der Waals surface area contributed by atoms with Crippen LogP contribution in [-0.4, -0.2) is 51.1 Å². The van der Waals surface area contributed by atoms with Crippen molar-refractivity contribution in [3.05, 3.63) is 23.7 Å². The number of rotatable bonds is 6. The zero-order valence-electron chi connectivity index (χ0n) is 15.6. The fourth-order valence-corrected chi connectivity index (χ4v) is 3.82. The third kappa shape index (κ3) is 6.56. The summed E-state index contributed by atoms with van der Waals surface area (Å²) >= 11 is 0. The molecule has 2 N–H and O–H groups in total. The van der Waals surface area contributed by atoms with Crippen LogP contribution in [0.1, 0.15) is 37.3 Å². The van der Waals surface area contributed by atoms with Gasteiger partial charge in [-0.15, -0.1) is 24.0 Å². The molecule has 11 heteroatoms. The molecule has 0 bridgehead atoms. The van der Waals surface area contributed by atoms with Crippen LogP contribution in [0.25, 0.3) is 0 Å². The van der Waals surface area contributed by atoms with Crippen LogP contribution in [0.2, 0.25) is 0 Å². The molecule has 1 aliphatic rings. The van der Waals surface area contributed by atoms with E-state index in [2.05, 4.69) is 15.6 Å². The molecule has 1 fully saturated rings. The van der Waals surface area contributed by atoms with Crippen molar-refractivity contribution in [2.24, 2.45) is 10.9 Å². The first kappa shape index (κ1) is 24.1. The topological polar surface area (TPSA) is 86.9 Å². The number of aliphatic imine (C=N–C) groups is 1. The molecule has 1 atom stereocenters. The van der Waals surface area contributed by atoms with E-state index in [1.165, 1.54) is 0 Å². The number of alkyl halides is 2. The fourth-order valence-electron chi connectivity index (χ4n) is 2.88. The average molecular weight is 520 g/mol. The van der Waals surface area contributed by atoms with E-state index in [1.54, 1.807) is 7.05 Å². The van der Waals surface area contributed by atoms with Gasteiger partial charge in [0, 0.05) is 26.7 Å². The molecule has 1 aromatic rings. The van der Waals surface area contributed by atoms with E-state index < -0.39 is 15.8 Å². The normalized spacial score (nSPS) is 18.2. The lowest BCUT2D eigenvalue weighted by Gasteiger charge is -2.31. The zero-order valence-corrected chi connectivity index (χ0v) is 18.8. The average Bonchev–Trinajstić information content (AvgIpc) is 3.05. The van der Waals surface area contributed by atoms with Gasteiger partial charge >= 0.3 is 5.76 Å². The quantitative estimate of drug-likeness (QED) is 0.342. The maximum Gasteiger partial charge on any atom is 0.350 e. The lowest BCUT2D eigenvalue weighted by atomic mass is 9.98. The molecule has 0 aromatic carbocycles. The summed E-state index contributed by atoms with van der Waals surface area (Å²) in [6.07, 6.45) is 1.06. The molecule has 27 heavy (non-hydrogen) atoms. The highest BCUT2D eigenvalue weighted by Crippen LogP contribution is 2.22. The van der Waals surface area contributed by atoms with Crippen molar-refractivity contribution in [1.29, 1.82) is 0 Å². The van der Waals surface area contributed by atoms with Crippen molar-refractivity contribution in [3.8, 4) is 0 Å². The summed E-state index contributed by atoms with van der Waals surface area (Å²) in [5.74, 6) is -0.919. The summed E-state index contributed by atoms with van der Waals surface area (Å²) in [7, 11) is -2.81. The maximum absolute atomic E-state index is 12.6. The molecule has 1 saturated heterocycles. The number of hydrogen-bond donors (Lipinski definition) is 2. The molecule has 156 valence electrons. The number of guanidine groups is 1. The summed E-state index contributed by atoms with van der Waals surface area (Å²) in [6, 6.07) is 3.73. The minimum atomic E-state index is -4.47. The van der Waals surface area contributed by atoms with Gasteiger partial charge in [0.2, 0.25) is 0 Å². The SMILES string of the molecule is CN=C(NCC1CCN(S(=O)(=O)C(F)F)CC1)NC(C)c1ccc(C)o1.I. The van der Waals surface area contributed by atoms with Gasteiger partial charge in [0.05, 0.1) is 6.04 Å². The Bertz CT molecular complexity index is 719. The number of nitrogens with one attached hydrogen (secondary N) is 2. The molecule has 1 unspecified atom stereocenters. The van der Waals surface area contributed by atoms with E-state index in [1.807, 2.05) is 26.0 Å². The van der Waals surface area contributed by atoms with Crippen molar-refractivity contribution in [2.75, 3.05) is 26.7 Å². The van der Waals surface area contributed by atoms with Crippen molar-refractivity contribution in [1.82, 2.24) is 14.9 Å². The molecular weight excluding hydrogens is 493 g/mol. The summed E-state index contributed by atoms with van der Waals surface area (Å²) in [4.78, 5) is 4.17. The molecule has 0 aliphatic carbocycles. The second-order valence-corrected chi connectivity index (χ2v) is 8.32. The number of piperidine rings is 1. The largest absolute Gasteiger partial charge is 0.464 e. The fraction of sp³-hybridized carbons (Fsp3) is 0.688. The van der Waals surface area contributed by atoms with Crippen LogP contribution < -0.4 is 10.6 Å². The molecule has 1 aromatic heterocycles. The van der Waals surface area contributed by atoms with E-state index in [-0.39, 0.29) is 49.0 Å².